The van der Waals surface area contributed by atoms with Gasteiger partial charge in [-0.15, -0.1) is 0 Å². The number of carbonyl (C=O) groups is 1. The van der Waals surface area contributed by atoms with Crippen molar-refractivity contribution >= 4 is 15.9 Å². The van der Waals surface area contributed by atoms with Gasteiger partial charge in [0.2, 0.25) is 0 Å². The SMILES string of the molecule is CC1(O)CCN(C(=O)N2CC[C@](c3ccc(C(O)(C(F)(F)F)C(F)(F)F)cc3)(S(=O)(=O)c3ccc(F)cc3)C2)CC1. The zero-order valence-corrected chi connectivity index (χ0v) is 22.5. The molecule has 15 heteroatoms. The lowest BCUT2D eigenvalue weighted by atomic mass is 9.89. The number of amides is 2. The van der Waals surface area contributed by atoms with Crippen LogP contribution in [0.5, 0.6) is 0 Å². The summed E-state index contributed by atoms with van der Waals surface area (Å²) in [6.07, 6.45) is -12.0. The lowest BCUT2D eigenvalue weighted by molar-refractivity contribution is -0.376. The predicted octanol–water partition coefficient (Wildman–Crippen LogP) is 4.48. The van der Waals surface area contributed by atoms with Crippen LogP contribution in [-0.4, -0.2) is 78.6 Å². The van der Waals surface area contributed by atoms with Crippen molar-refractivity contribution in [2.24, 2.45) is 0 Å². The Hall–Kier alpha value is -2.91. The van der Waals surface area contributed by atoms with Crippen LogP contribution >= 0.6 is 0 Å². The molecule has 2 aromatic rings. The van der Waals surface area contributed by atoms with Crippen LogP contribution in [0.3, 0.4) is 0 Å². The van der Waals surface area contributed by atoms with E-state index in [0.717, 1.165) is 36.4 Å². The highest BCUT2D eigenvalue weighted by atomic mass is 32.2. The molecule has 2 aromatic carbocycles. The second-order valence-corrected chi connectivity index (χ2v) is 12.9. The Morgan fingerprint density at radius 2 is 1.32 bits per heavy atom. The van der Waals surface area contributed by atoms with E-state index in [-0.39, 0.29) is 49.4 Å². The molecular weight excluding hydrogens is 585 g/mol. The molecule has 0 saturated carbocycles. The van der Waals surface area contributed by atoms with Crippen LogP contribution in [0.25, 0.3) is 0 Å². The first-order valence-corrected chi connectivity index (χ1v) is 14.0. The van der Waals surface area contributed by atoms with Gasteiger partial charge in [-0.1, -0.05) is 24.3 Å². The Morgan fingerprint density at radius 1 is 0.829 bits per heavy atom. The maximum atomic E-state index is 14.0. The van der Waals surface area contributed by atoms with E-state index in [2.05, 4.69) is 0 Å². The summed E-state index contributed by atoms with van der Waals surface area (Å²) >= 11 is 0. The van der Waals surface area contributed by atoms with Gasteiger partial charge in [0.05, 0.1) is 10.5 Å². The Morgan fingerprint density at radius 3 is 1.80 bits per heavy atom. The molecule has 2 heterocycles. The summed E-state index contributed by atoms with van der Waals surface area (Å²) in [5.41, 5.74) is -7.97. The molecular formula is C26H27F7N2O5S. The predicted molar refractivity (Wildman–Crippen MR) is 131 cm³/mol. The van der Waals surface area contributed by atoms with Crippen molar-refractivity contribution in [1.29, 1.82) is 0 Å². The van der Waals surface area contributed by atoms with Gasteiger partial charge in [-0.3, -0.25) is 0 Å². The Bertz CT molecular complexity index is 1370. The standard InChI is InChI=1S/C26H27F7N2O5S/c1-22(37)10-13-34(14-11-22)21(36)35-15-12-23(16-35,41(39,40)20-8-6-19(27)7-9-20)17-2-4-18(5-3-17)24(38,25(28,29)30)26(31,32)33/h2-9,37-38H,10-16H2,1H3/t23-/m0/s1. The average molecular weight is 613 g/mol. The van der Waals surface area contributed by atoms with Gasteiger partial charge >= 0.3 is 18.4 Å². The number of piperidine rings is 1. The summed E-state index contributed by atoms with van der Waals surface area (Å²) in [5, 5.41) is 19.9. The quantitative estimate of drug-likeness (QED) is 0.392. The number of sulfone groups is 1. The topological polar surface area (TPSA) is 98.2 Å². The molecule has 7 nitrogen and oxygen atoms in total. The Balaban J connectivity index is 1.77. The second-order valence-electron chi connectivity index (χ2n) is 10.7. The first-order valence-electron chi connectivity index (χ1n) is 12.5. The van der Waals surface area contributed by atoms with Gasteiger partial charge in [0.15, 0.2) is 9.84 Å². The molecule has 0 bridgehead atoms. The highest BCUT2D eigenvalue weighted by Gasteiger charge is 2.71. The number of alkyl halides is 6. The zero-order chi connectivity index (χ0) is 30.6. The summed E-state index contributed by atoms with van der Waals surface area (Å²) < 4.78 is 120. The first-order chi connectivity index (χ1) is 18.8. The minimum atomic E-state index is -6.14. The summed E-state index contributed by atoms with van der Waals surface area (Å²) in [7, 11) is -4.52. The highest BCUT2D eigenvalue weighted by molar-refractivity contribution is 7.92. The molecule has 1 atom stereocenters. The number of nitrogens with zero attached hydrogens (tertiary/aromatic N) is 2. The van der Waals surface area contributed by atoms with Gasteiger partial charge in [0, 0.05) is 31.7 Å². The molecule has 0 aliphatic carbocycles. The molecule has 41 heavy (non-hydrogen) atoms. The molecule has 226 valence electrons. The van der Waals surface area contributed by atoms with Gasteiger partial charge in [0.1, 0.15) is 10.6 Å². The zero-order valence-electron chi connectivity index (χ0n) is 21.6. The largest absolute Gasteiger partial charge is 0.430 e. The molecule has 2 fully saturated rings. The number of likely N-dealkylation sites (tertiary alicyclic amines) is 2. The molecule has 0 radical (unpaired) electrons. The van der Waals surface area contributed by atoms with Crippen LogP contribution in [0.4, 0.5) is 35.5 Å². The monoisotopic (exact) mass is 612 g/mol. The van der Waals surface area contributed by atoms with Crippen molar-refractivity contribution in [3.05, 3.63) is 65.5 Å². The molecule has 0 spiro atoms. The van der Waals surface area contributed by atoms with E-state index in [1.807, 2.05) is 0 Å². The third-order valence-corrected chi connectivity index (χ3v) is 10.4. The number of carbonyl (C=O) groups excluding carboxylic acids is 1. The summed E-state index contributed by atoms with van der Waals surface area (Å²) in [6.45, 7) is 1.36. The van der Waals surface area contributed by atoms with E-state index in [4.69, 9.17) is 0 Å². The minimum Gasteiger partial charge on any atom is -0.390 e. The molecule has 2 N–H and O–H groups in total. The van der Waals surface area contributed by atoms with E-state index in [1.54, 1.807) is 6.92 Å². The van der Waals surface area contributed by atoms with Crippen LogP contribution < -0.4 is 0 Å². The lowest BCUT2D eigenvalue weighted by Gasteiger charge is -2.38. The number of hydrogen-bond donors (Lipinski definition) is 2. The summed E-state index contributed by atoms with van der Waals surface area (Å²) in [5.74, 6) is -0.745. The van der Waals surface area contributed by atoms with E-state index >= 15 is 0 Å². The molecule has 4 rings (SSSR count). The van der Waals surface area contributed by atoms with Crippen LogP contribution in [0, 0.1) is 5.82 Å². The van der Waals surface area contributed by atoms with E-state index in [9.17, 15) is 54.2 Å². The van der Waals surface area contributed by atoms with Gasteiger partial charge in [0.25, 0.3) is 5.60 Å². The first kappa shape index (κ1) is 31.0. The molecule has 0 aromatic heterocycles. The normalized spacial score (nSPS) is 22.2. The van der Waals surface area contributed by atoms with Gasteiger partial charge < -0.3 is 20.0 Å². The molecule has 2 aliphatic heterocycles. The number of hydrogen-bond acceptors (Lipinski definition) is 5. The summed E-state index contributed by atoms with van der Waals surface area (Å²) in [4.78, 5) is 15.6. The molecule has 2 saturated heterocycles. The van der Waals surface area contributed by atoms with Gasteiger partial charge in [-0.25, -0.2) is 17.6 Å². The third-order valence-electron chi connectivity index (χ3n) is 7.90. The fourth-order valence-corrected chi connectivity index (χ4v) is 7.36. The van der Waals surface area contributed by atoms with Crippen molar-refractivity contribution in [2.75, 3.05) is 26.2 Å². The van der Waals surface area contributed by atoms with Crippen LogP contribution in [0.2, 0.25) is 0 Å². The number of rotatable bonds is 4. The van der Waals surface area contributed by atoms with Crippen molar-refractivity contribution < 1.29 is 54.2 Å². The average Bonchev–Trinajstić information content (AvgIpc) is 3.34. The maximum absolute atomic E-state index is 14.0. The summed E-state index contributed by atoms with van der Waals surface area (Å²) in [6, 6.07) is 5.40. The van der Waals surface area contributed by atoms with Gasteiger partial charge in [-0.2, -0.15) is 26.3 Å². The number of benzene rings is 2. The van der Waals surface area contributed by atoms with E-state index < -0.39 is 62.1 Å². The Labute approximate surface area is 231 Å². The molecule has 2 amide bonds. The highest BCUT2D eigenvalue weighted by Crippen LogP contribution is 2.51. The number of aliphatic hydroxyl groups is 2. The minimum absolute atomic E-state index is 0.122. The second kappa shape index (κ2) is 10.1. The number of urea groups is 1. The molecule has 2 aliphatic rings. The van der Waals surface area contributed by atoms with Crippen LogP contribution in [0.15, 0.2) is 53.4 Å². The van der Waals surface area contributed by atoms with E-state index in [1.165, 1.54) is 9.80 Å². The van der Waals surface area contributed by atoms with Crippen molar-refractivity contribution in [3.63, 3.8) is 0 Å². The van der Waals surface area contributed by atoms with Crippen molar-refractivity contribution in [1.82, 2.24) is 9.80 Å². The molecule has 0 unspecified atom stereocenters. The lowest BCUT2D eigenvalue weighted by Crippen LogP contribution is -2.54. The smallest absolute Gasteiger partial charge is 0.390 e. The fraction of sp³-hybridized carbons (Fsp3) is 0.500. The van der Waals surface area contributed by atoms with Crippen LogP contribution in [-0.2, 0) is 20.2 Å². The van der Waals surface area contributed by atoms with E-state index in [0.29, 0.717) is 12.1 Å². The van der Waals surface area contributed by atoms with Gasteiger partial charge in [-0.05, 0) is 56.0 Å². The maximum Gasteiger partial charge on any atom is 0.430 e. The van der Waals surface area contributed by atoms with Crippen LogP contribution in [0.1, 0.15) is 37.3 Å². The third kappa shape index (κ3) is 5.27. The Kier molecular flexibility index (Phi) is 7.66. The van der Waals surface area contributed by atoms with Crippen molar-refractivity contribution in [3.8, 4) is 0 Å². The van der Waals surface area contributed by atoms with Crippen molar-refractivity contribution in [2.45, 2.75) is 59.4 Å². The number of halogens is 7. The fourth-order valence-electron chi connectivity index (χ4n) is 5.28.